The van der Waals surface area contributed by atoms with Crippen molar-refractivity contribution in [1.29, 1.82) is 0 Å². The number of H-pyrrole nitrogens is 1. The van der Waals surface area contributed by atoms with Gasteiger partial charge in [-0.15, -0.1) is 13.2 Å². The highest BCUT2D eigenvalue weighted by Crippen LogP contribution is 2.39. The predicted molar refractivity (Wildman–Crippen MR) is 114 cm³/mol. The number of carbonyl (C=O) groups excluding carboxylic acids is 1. The highest BCUT2D eigenvalue weighted by Gasteiger charge is 2.43. The largest absolute Gasteiger partial charge is 0.522 e. The van der Waals surface area contributed by atoms with Crippen LogP contribution in [0.15, 0.2) is 24.5 Å². The van der Waals surface area contributed by atoms with Gasteiger partial charge in [0.05, 0.1) is 12.3 Å². The number of carbonyl (C=O) groups is 1. The van der Waals surface area contributed by atoms with Gasteiger partial charge in [-0.1, -0.05) is 0 Å². The average molecular weight is 497 g/mol. The van der Waals surface area contributed by atoms with Gasteiger partial charge in [0.1, 0.15) is 17.9 Å². The second-order valence-corrected chi connectivity index (χ2v) is 9.05. The summed E-state index contributed by atoms with van der Waals surface area (Å²) in [6, 6.07) is 3.15. The number of amides is 1. The second-order valence-electron chi connectivity index (χ2n) is 9.05. The monoisotopic (exact) mass is 497 g/mol. The van der Waals surface area contributed by atoms with Crippen LogP contribution in [0.1, 0.15) is 49.9 Å². The van der Waals surface area contributed by atoms with E-state index in [4.69, 9.17) is 4.74 Å². The van der Waals surface area contributed by atoms with Crippen molar-refractivity contribution in [2.45, 2.75) is 69.3 Å². The van der Waals surface area contributed by atoms with Crippen molar-refractivity contribution in [3.8, 4) is 0 Å². The van der Waals surface area contributed by atoms with E-state index in [1.165, 1.54) is 22.9 Å². The van der Waals surface area contributed by atoms with Gasteiger partial charge in [0.15, 0.2) is 5.82 Å². The van der Waals surface area contributed by atoms with Gasteiger partial charge in [0.25, 0.3) is 0 Å². The van der Waals surface area contributed by atoms with Gasteiger partial charge in [-0.2, -0.15) is 5.10 Å². The van der Waals surface area contributed by atoms with E-state index in [9.17, 15) is 18.0 Å². The van der Waals surface area contributed by atoms with Crippen LogP contribution in [0.5, 0.6) is 0 Å². The molecule has 0 aliphatic heterocycles. The van der Waals surface area contributed by atoms with Gasteiger partial charge >= 0.3 is 12.5 Å². The summed E-state index contributed by atoms with van der Waals surface area (Å²) in [7, 11) is 0. The predicted octanol–water partition coefficient (Wildman–Crippen LogP) is 4.10. The SMILES string of the molecule is CC1(NC(=O)O[C@H]2CC[C@@H](c3cc(Nc4nccc5nc(COC(F)(F)F)cn45)n[nH]3)[C@@H]2F)CC1. The number of imidazole rings is 1. The molecule has 3 N–H and O–H groups in total. The minimum absolute atomic E-state index is 0.0677. The van der Waals surface area contributed by atoms with E-state index in [1.54, 1.807) is 6.07 Å². The van der Waals surface area contributed by atoms with Gasteiger partial charge in [0.2, 0.25) is 5.95 Å². The Bertz CT molecular complexity index is 1220. The number of hydrogen-bond donors (Lipinski definition) is 3. The van der Waals surface area contributed by atoms with E-state index in [2.05, 4.69) is 35.5 Å². The van der Waals surface area contributed by atoms with E-state index in [1.807, 2.05) is 6.92 Å². The van der Waals surface area contributed by atoms with Crippen LogP contribution in [-0.2, 0) is 16.1 Å². The normalized spacial score (nSPS) is 23.4. The minimum atomic E-state index is -4.77. The molecule has 0 radical (unpaired) electrons. The first-order chi connectivity index (χ1) is 16.6. The third kappa shape index (κ3) is 5.31. The van der Waals surface area contributed by atoms with E-state index in [0.717, 1.165) is 12.8 Å². The summed E-state index contributed by atoms with van der Waals surface area (Å²) in [5.41, 5.74) is 0.705. The van der Waals surface area contributed by atoms with E-state index >= 15 is 4.39 Å². The molecule has 3 atom stereocenters. The van der Waals surface area contributed by atoms with Gasteiger partial charge < -0.3 is 15.4 Å². The van der Waals surface area contributed by atoms with Crippen LogP contribution in [0.25, 0.3) is 5.65 Å². The van der Waals surface area contributed by atoms with Gasteiger partial charge in [-0.05, 0) is 38.7 Å². The molecule has 1 amide bonds. The number of rotatable bonds is 7. The number of halogens is 4. The van der Waals surface area contributed by atoms with Gasteiger partial charge in [0, 0.05) is 35.6 Å². The first-order valence-electron chi connectivity index (χ1n) is 11.1. The Morgan fingerprint density at radius 3 is 2.89 bits per heavy atom. The zero-order valence-corrected chi connectivity index (χ0v) is 18.6. The third-order valence-corrected chi connectivity index (χ3v) is 6.22. The van der Waals surface area contributed by atoms with Crippen LogP contribution in [0, 0.1) is 0 Å². The molecule has 0 aromatic carbocycles. The quantitative estimate of drug-likeness (QED) is 0.421. The number of ether oxygens (including phenoxy) is 2. The third-order valence-electron chi connectivity index (χ3n) is 6.22. The highest BCUT2D eigenvalue weighted by atomic mass is 19.4. The van der Waals surface area contributed by atoms with Gasteiger partial charge in [-0.25, -0.2) is 19.2 Å². The highest BCUT2D eigenvalue weighted by molar-refractivity contribution is 5.69. The van der Waals surface area contributed by atoms with Crippen molar-refractivity contribution >= 4 is 23.5 Å². The molecule has 2 aliphatic rings. The van der Waals surface area contributed by atoms with Crippen LogP contribution in [0.2, 0.25) is 0 Å². The summed E-state index contributed by atoms with van der Waals surface area (Å²) in [5, 5.41) is 12.7. The molecule has 0 bridgehead atoms. The maximum atomic E-state index is 15.1. The number of aromatic nitrogens is 5. The Hall–Kier alpha value is -3.42. The van der Waals surface area contributed by atoms with Gasteiger partial charge in [-0.3, -0.25) is 14.2 Å². The molecule has 0 spiro atoms. The Labute approximate surface area is 196 Å². The Morgan fingerprint density at radius 2 is 2.14 bits per heavy atom. The number of fused-ring (bicyclic) bond motifs is 1. The molecule has 3 aromatic rings. The number of nitrogens with one attached hydrogen (secondary N) is 3. The molecular formula is C21H23F4N7O3. The lowest BCUT2D eigenvalue weighted by atomic mass is 10.0. The lowest BCUT2D eigenvalue weighted by Crippen LogP contribution is -2.38. The number of anilines is 2. The van der Waals surface area contributed by atoms with E-state index in [0.29, 0.717) is 30.0 Å². The Morgan fingerprint density at radius 1 is 1.34 bits per heavy atom. The smallest absolute Gasteiger partial charge is 0.443 e. The van der Waals surface area contributed by atoms with Crippen LogP contribution >= 0.6 is 0 Å². The summed E-state index contributed by atoms with van der Waals surface area (Å²) >= 11 is 0. The fourth-order valence-corrected chi connectivity index (χ4v) is 4.09. The molecule has 3 heterocycles. The van der Waals surface area contributed by atoms with E-state index < -0.39 is 37.3 Å². The molecule has 188 valence electrons. The molecule has 3 aromatic heterocycles. The first kappa shape index (κ1) is 23.3. The number of hydrogen-bond acceptors (Lipinski definition) is 7. The number of nitrogens with zero attached hydrogens (tertiary/aromatic N) is 4. The minimum Gasteiger partial charge on any atom is -0.443 e. The first-order valence-corrected chi connectivity index (χ1v) is 11.1. The standard InChI is InChI=1S/C21H23F4N7O3/c1-20(5-6-20)29-19(33)35-14-3-2-12(17(14)22)13-8-15(31-30-13)28-18-26-7-4-16-27-11(9-32(16)18)10-34-21(23,24)25/h4,7-9,12,14,17H,2-3,5-6,10H2,1H3,(H,29,33)(H2,26,28,30,31)/t12-,14-,17-/m0/s1. The molecule has 2 saturated carbocycles. The lowest BCUT2D eigenvalue weighted by Gasteiger charge is -2.19. The van der Waals surface area contributed by atoms with Crippen molar-refractivity contribution in [3.63, 3.8) is 0 Å². The number of alkyl halides is 4. The molecule has 0 saturated heterocycles. The van der Waals surface area contributed by atoms with Crippen molar-refractivity contribution in [1.82, 2.24) is 29.9 Å². The molecule has 10 nitrogen and oxygen atoms in total. The molecule has 0 unspecified atom stereocenters. The fourth-order valence-electron chi connectivity index (χ4n) is 4.09. The Balaban J connectivity index is 1.24. The molecular weight excluding hydrogens is 474 g/mol. The van der Waals surface area contributed by atoms with E-state index in [-0.39, 0.29) is 17.2 Å². The average Bonchev–Trinajstić information content (AvgIpc) is 3.14. The number of aromatic amines is 1. The molecule has 2 fully saturated rings. The van der Waals surface area contributed by atoms with Crippen LogP contribution < -0.4 is 10.6 Å². The topological polar surface area (TPSA) is 118 Å². The second kappa shape index (κ2) is 8.66. The van der Waals surface area contributed by atoms with Crippen molar-refractivity contribution < 1.29 is 31.8 Å². The number of alkyl carbamates (subject to hydrolysis) is 1. The van der Waals surface area contributed by atoms with Crippen molar-refractivity contribution in [2.24, 2.45) is 0 Å². The zero-order chi connectivity index (χ0) is 24.8. The molecule has 35 heavy (non-hydrogen) atoms. The summed E-state index contributed by atoms with van der Waals surface area (Å²) in [4.78, 5) is 20.3. The van der Waals surface area contributed by atoms with Crippen LogP contribution in [0.3, 0.4) is 0 Å². The molecule has 5 rings (SSSR count). The molecule has 14 heteroatoms. The van der Waals surface area contributed by atoms with Crippen LogP contribution in [-0.4, -0.2) is 54.8 Å². The Kier molecular flexibility index (Phi) is 5.77. The summed E-state index contributed by atoms with van der Waals surface area (Å²) < 4.78 is 62.6. The summed E-state index contributed by atoms with van der Waals surface area (Å²) in [6.45, 7) is 1.17. The van der Waals surface area contributed by atoms with Crippen LogP contribution in [0.4, 0.5) is 34.1 Å². The zero-order valence-electron chi connectivity index (χ0n) is 18.6. The summed E-state index contributed by atoms with van der Waals surface area (Å²) in [6.07, 6.45) is -2.20. The van der Waals surface area contributed by atoms with Crippen molar-refractivity contribution in [2.75, 3.05) is 5.32 Å². The fraction of sp³-hybridized carbons (Fsp3) is 0.524. The van der Waals surface area contributed by atoms with Crippen molar-refractivity contribution in [3.05, 3.63) is 35.9 Å². The maximum Gasteiger partial charge on any atom is 0.522 e. The summed E-state index contributed by atoms with van der Waals surface area (Å²) in [5.74, 6) is 0.0502. The molecule has 2 aliphatic carbocycles. The lowest BCUT2D eigenvalue weighted by molar-refractivity contribution is -0.330. The maximum absolute atomic E-state index is 15.1.